The number of ether oxygens (including phenoxy) is 2. The smallest absolute Gasteiger partial charge is 0.366 e. The Bertz CT molecular complexity index is 336. The molecule has 1 rings (SSSR count). The molecule has 118 valence electrons. The molecule has 0 aliphatic carbocycles. The Morgan fingerprint density at radius 3 is 2.55 bits per heavy atom. The van der Waals surface area contributed by atoms with Gasteiger partial charge < -0.3 is 40.1 Å². The van der Waals surface area contributed by atoms with Crippen molar-refractivity contribution in [2.24, 2.45) is 0 Å². The maximum atomic E-state index is 11.6. The highest BCUT2D eigenvalue weighted by molar-refractivity contribution is 5.77. The normalized spacial score (nSPS) is 37.2. The van der Waals surface area contributed by atoms with Gasteiger partial charge in [0.15, 0.2) is 0 Å². The second kappa shape index (κ2) is 6.76. The topological polar surface area (TPSA) is 157 Å². The van der Waals surface area contributed by atoms with E-state index in [2.05, 4.69) is 4.74 Å². The van der Waals surface area contributed by atoms with Crippen molar-refractivity contribution in [1.29, 1.82) is 0 Å². The number of aliphatic hydroxyl groups excluding tert-OH is 5. The molecular weight excluding hydrogens is 276 g/mol. The van der Waals surface area contributed by atoms with Gasteiger partial charge in [-0.05, 0) is 6.92 Å². The van der Waals surface area contributed by atoms with Crippen LogP contribution in [0.15, 0.2) is 0 Å². The molecule has 0 unspecified atom stereocenters. The third kappa shape index (κ3) is 3.44. The quantitative estimate of drug-likeness (QED) is 0.283. The second-order valence-corrected chi connectivity index (χ2v) is 4.59. The van der Waals surface area contributed by atoms with Gasteiger partial charge in [-0.1, -0.05) is 0 Å². The highest BCUT2D eigenvalue weighted by Crippen LogP contribution is 2.31. The van der Waals surface area contributed by atoms with Crippen molar-refractivity contribution in [3.05, 3.63) is 0 Å². The molecule has 1 aliphatic rings. The van der Waals surface area contributed by atoms with Crippen LogP contribution in [0.4, 0.5) is 0 Å². The number of esters is 1. The lowest BCUT2D eigenvalue weighted by Crippen LogP contribution is -2.63. The van der Waals surface area contributed by atoms with Gasteiger partial charge in [0.2, 0.25) is 0 Å². The zero-order valence-corrected chi connectivity index (χ0v) is 10.9. The van der Waals surface area contributed by atoms with Gasteiger partial charge in [-0.2, -0.15) is 0 Å². The second-order valence-electron chi connectivity index (χ2n) is 4.59. The van der Waals surface area contributed by atoms with Gasteiger partial charge in [-0.3, -0.25) is 0 Å². The fraction of sp³-hybridized carbons (Fsp3) is 0.909. The standard InChI is InChI=1S/C11H20O9/c1-2-19-10(17)11(18)3-5(13)7(15)9(20-11)8(16)6(14)4-12/h5-9,12-16,18H,2-4H2,1H3/t5-,6-,7-,8-,9-,11+/m1/s1. The Morgan fingerprint density at radius 2 is 2.05 bits per heavy atom. The van der Waals surface area contributed by atoms with Gasteiger partial charge in [0.1, 0.15) is 24.4 Å². The Kier molecular flexibility index (Phi) is 5.83. The van der Waals surface area contributed by atoms with E-state index >= 15 is 0 Å². The van der Waals surface area contributed by atoms with Crippen LogP contribution < -0.4 is 0 Å². The summed E-state index contributed by atoms with van der Waals surface area (Å²) >= 11 is 0. The van der Waals surface area contributed by atoms with Crippen molar-refractivity contribution in [1.82, 2.24) is 0 Å². The molecule has 0 saturated carbocycles. The molecule has 6 atom stereocenters. The van der Waals surface area contributed by atoms with E-state index in [-0.39, 0.29) is 6.61 Å². The maximum absolute atomic E-state index is 11.6. The Labute approximate surface area is 115 Å². The highest BCUT2D eigenvalue weighted by Gasteiger charge is 2.53. The maximum Gasteiger partial charge on any atom is 0.366 e. The summed E-state index contributed by atoms with van der Waals surface area (Å²) in [5.41, 5.74) is 0. The van der Waals surface area contributed by atoms with Crippen molar-refractivity contribution in [2.45, 2.75) is 49.7 Å². The molecule has 0 bridgehead atoms. The van der Waals surface area contributed by atoms with Crippen molar-refractivity contribution in [3.63, 3.8) is 0 Å². The third-order valence-corrected chi connectivity index (χ3v) is 3.06. The van der Waals surface area contributed by atoms with Crippen LogP contribution >= 0.6 is 0 Å². The summed E-state index contributed by atoms with van der Waals surface area (Å²) in [4.78, 5) is 11.6. The average Bonchev–Trinajstić information content (AvgIpc) is 2.41. The molecule has 0 aromatic rings. The molecule has 1 fully saturated rings. The first-order valence-electron chi connectivity index (χ1n) is 6.17. The average molecular weight is 296 g/mol. The van der Waals surface area contributed by atoms with E-state index in [4.69, 9.17) is 9.84 Å². The van der Waals surface area contributed by atoms with E-state index < -0.39 is 55.3 Å². The van der Waals surface area contributed by atoms with E-state index in [1.54, 1.807) is 0 Å². The molecule has 0 aromatic heterocycles. The van der Waals surface area contributed by atoms with E-state index in [0.717, 1.165) is 0 Å². The Balaban J connectivity index is 2.92. The minimum atomic E-state index is -2.55. The van der Waals surface area contributed by atoms with Gasteiger partial charge in [-0.25, -0.2) is 4.79 Å². The van der Waals surface area contributed by atoms with Gasteiger partial charge in [-0.15, -0.1) is 0 Å². The number of carbonyl (C=O) groups is 1. The molecule has 0 aromatic carbocycles. The summed E-state index contributed by atoms with van der Waals surface area (Å²) in [6.45, 7) is 0.620. The number of hydrogen-bond acceptors (Lipinski definition) is 9. The zero-order valence-electron chi connectivity index (χ0n) is 10.9. The lowest BCUT2D eigenvalue weighted by atomic mass is 9.91. The number of aliphatic hydroxyl groups is 6. The zero-order chi connectivity index (χ0) is 15.5. The molecule has 1 aliphatic heterocycles. The van der Waals surface area contributed by atoms with Crippen LogP contribution in [0.2, 0.25) is 0 Å². The van der Waals surface area contributed by atoms with Crippen LogP contribution in [0, 0.1) is 0 Å². The summed E-state index contributed by atoms with van der Waals surface area (Å²) in [6, 6.07) is 0. The molecule has 9 heteroatoms. The summed E-state index contributed by atoms with van der Waals surface area (Å²) in [7, 11) is 0. The molecule has 20 heavy (non-hydrogen) atoms. The van der Waals surface area contributed by atoms with Crippen molar-refractivity contribution >= 4 is 5.97 Å². The Hall–Kier alpha value is -0.810. The van der Waals surface area contributed by atoms with Crippen LogP contribution in [-0.4, -0.2) is 86.1 Å². The molecule has 6 N–H and O–H groups in total. The fourth-order valence-corrected chi connectivity index (χ4v) is 1.94. The van der Waals surface area contributed by atoms with Crippen molar-refractivity contribution in [2.75, 3.05) is 13.2 Å². The fourth-order valence-electron chi connectivity index (χ4n) is 1.94. The first-order chi connectivity index (χ1) is 9.26. The molecule has 1 saturated heterocycles. The lowest BCUT2D eigenvalue weighted by molar-refractivity contribution is -0.314. The molecule has 0 radical (unpaired) electrons. The first-order valence-corrected chi connectivity index (χ1v) is 6.17. The van der Waals surface area contributed by atoms with Crippen LogP contribution in [-0.2, 0) is 14.3 Å². The minimum absolute atomic E-state index is 0.0460. The molecule has 1 heterocycles. The molecular formula is C11H20O9. The van der Waals surface area contributed by atoms with E-state index in [1.165, 1.54) is 6.92 Å². The lowest BCUT2D eigenvalue weighted by Gasteiger charge is -2.42. The van der Waals surface area contributed by atoms with Crippen molar-refractivity contribution in [3.8, 4) is 0 Å². The molecule has 0 amide bonds. The van der Waals surface area contributed by atoms with Crippen LogP contribution in [0.5, 0.6) is 0 Å². The number of rotatable bonds is 5. The SMILES string of the molecule is CCOC(=O)[C@]1(O)C[C@@H](O)[C@@H](O)[C@H]([C@H](O)[C@H](O)CO)O1. The predicted octanol–water partition coefficient (Wildman–Crippen LogP) is -3.54. The van der Waals surface area contributed by atoms with Gasteiger partial charge in [0.05, 0.1) is 19.3 Å². The highest BCUT2D eigenvalue weighted by atomic mass is 16.7. The summed E-state index contributed by atoms with van der Waals surface area (Å²) in [6.07, 6.45) is -9.04. The van der Waals surface area contributed by atoms with E-state index in [1.807, 2.05) is 0 Å². The van der Waals surface area contributed by atoms with Gasteiger partial charge in [0, 0.05) is 6.42 Å². The summed E-state index contributed by atoms with van der Waals surface area (Å²) < 4.78 is 9.49. The van der Waals surface area contributed by atoms with Crippen LogP contribution in [0.25, 0.3) is 0 Å². The monoisotopic (exact) mass is 296 g/mol. The summed E-state index contributed by atoms with van der Waals surface area (Å²) in [5, 5.41) is 57.1. The Morgan fingerprint density at radius 1 is 1.45 bits per heavy atom. The van der Waals surface area contributed by atoms with Gasteiger partial charge in [0.25, 0.3) is 5.79 Å². The molecule has 9 nitrogen and oxygen atoms in total. The van der Waals surface area contributed by atoms with Crippen LogP contribution in [0.1, 0.15) is 13.3 Å². The third-order valence-electron chi connectivity index (χ3n) is 3.06. The van der Waals surface area contributed by atoms with Crippen molar-refractivity contribution < 1.29 is 44.9 Å². The van der Waals surface area contributed by atoms with E-state index in [0.29, 0.717) is 0 Å². The van der Waals surface area contributed by atoms with Gasteiger partial charge >= 0.3 is 5.97 Å². The number of carbonyl (C=O) groups excluding carboxylic acids is 1. The predicted molar refractivity (Wildman–Crippen MR) is 62.2 cm³/mol. The minimum Gasteiger partial charge on any atom is -0.462 e. The van der Waals surface area contributed by atoms with Crippen LogP contribution in [0.3, 0.4) is 0 Å². The first kappa shape index (κ1) is 17.2. The summed E-state index contributed by atoms with van der Waals surface area (Å²) in [5.74, 6) is -3.73. The number of hydrogen-bond donors (Lipinski definition) is 6. The largest absolute Gasteiger partial charge is 0.462 e. The van der Waals surface area contributed by atoms with E-state index in [9.17, 15) is 30.3 Å². The molecule has 0 spiro atoms.